The maximum absolute atomic E-state index is 13.7. The van der Waals surface area contributed by atoms with Crippen molar-refractivity contribution in [3.63, 3.8) is 0 Å². The molecule has 0 aliphatic heterocycles. The molecule has 1 atom stereocenters. The molecule has 4 nitrogen and oxygen atoms in total. The van der Waals surface area contributed by atoms with Gasteiger partial charge in [0.1, 0.15) is 6.04 Å². The molecular formula is C32H40N2O2. The molecule has 0 fully saturated rings. The first-order valence-electron chi connectivity index (χ1n) is 12.9. The highest BCUT2D eigenvalue weighted by atomic mass is 16.2. The van der Waals surface area contributed by atoms with Crippen LogP contribution in [0.25, 0.3) is 0 Å². The fraction of sp³-hybridized carbons (Fsp3) is 0.375. The second-order valence-electron chi connectivity index (χ2n) is 10.5. The number of rotatable bonds is 10. The highest BCUT2D eigenvalue weighted by Gasteiger charge is 2.30. The lowest BCUT2D eigenvalue weighted by atomic mass is 9.86. The predicted molar refractivity (Wildman–Crippen MR) is 148 cm³/mol. The molecule has 0 bridgehead atoms. The van der Waals surface area contributed by atoms with E-state index in [-0.39, 0.29) is 17.2 Å². The van der Waals surface area contributed by atoms with Gasteiger partial charge in [0.2, 0.25) is 11.8 Å². The summed E-state index contributed by atoms with van der Waals surface area (Å²) >= 11 is 0. The van der Waals surface area contributed by atoms with Crippen LogP contribution in [-0.4, -0.2) is 29.3 Å². The lowest BCUT2D eigenvalue weighted by molar-refractivity contribution is -0.141. The van der Waals surface area contributed by atoms with Crippen LogP contribution in [0, 0.1) is 6.92 Å². The SMILES string of the molecule is CCNC(=O)[C@H](Cc1ccccc1)N(Cc1ccccc1C)C(=O)CCc1ccc(C(C)(C)C)cc1. The second kappa shape index (κ2) is 12.5. The third-order valence-corrected chi connectivity index (χ3v) is 6.67. The van der Waals surface area contributed by atoms with Crippen molar-refractivity contribution in [1.82, 2.24) is 10.2 Å². The van der Waals surface area contributed by atoms with E-state index in [9.17, 15) is 9.59 Å². The van der Waals surface area contributed by atoms with Crippen molar-refractivity contribution < 1.29 is 9.59 Å². The van der Waals surface area contributed by atoms with E-state index in [4.69, 9.17) is 0 Å². The largest absolute Gasteiger partial charge is 0.355 e. The van der Waals surface area contributed by atoms with Gasteiger partial charge in [0.15, 0.2) is 0 Å². The zero-order chi connectivity index (χ0) is 26.1. The Hall–Kier alpha value is -3.40. The van der Waals surface area contributed by atoms with Crippen LogP contribution in [0.4, 0.5) is 0 Å². The van der Waals surface area contributed by atoms with Crippen LogP contribution in [-0.2, 0) is 34.4 Å². The standard InChI is InChI=1S/C32H40N2O2/c1-6-33-31(36)29(22-26-13-8-7-9-14-26)34(23-27-15-11-10-12-24(27)2)30(35)21-18-25-16-19-28(20-17-25)32(3,4)5/h7-17,19-20,29H,6,18,21-23H2,1-5H3,(H,33,36)/t29-/m0/s1. The van der Waals surface area contributed by atoms with E-state index < -0.39 is 6.04 Å². The third kappa shape index (κ3) is 7.55. The summed E-state index contributed by atoms with van der Waals surface area (Å²) in [6, 6.07) is 26.0. The van der Waals surface area contributed by atoms with Crippen LogP contribution in [0.15, 0.2) is 78.9 Å². The van der Waals surface area contributed by atoms with Gasteiger partial charge in [-0.3, -0.25) is 9.59 Å². The Morgan fingerprint density at radius 3 is 2.11 bits per heavy atom. The van der Waals surface area contributed by atoms with E-state index in [0.29, 0.717) is 32.4 Å². The summed E-state index contributed by atoms with van der Waals surface area (Å²) in [4.78, 5) is 28.8. The Labute approximate surface area is 216 Å². The quantitative estimate of drug-likeness (QED) is 0.384. The monoisotopic (exact) mass is 484 g/mol. The number of benzene rings is 3. The van der Waals surface area contributed by atoms with E-state index in [1.165, 1.54) is 5.56 Å². The Morgan fingerprint density at radius 1 is 0.861 bits per heavy atom. The molecule has 0 heterocycles. The average molecular weight is 485 g/mol. The van der Waals surface area contributed by atoms with Crippen LogP contribution in [0.5, 0.6) is 0 Å². The summed E-state index contributed by atoms with van der Waals surface area (Å²) in [6.07, 6.45) is 1.47. The number of amides is 2. The van der Waals surface area contributed by atoms with Crippen LogP contribution >= 0.6 is 0 Å². The molecule has 4 heteroatoms. The van der Waals surface area contributed by atoms with Crippen LogP contribution in [0.2, 0.25) is 0 Å². The Balaban J connectivity index is 1.86. The van der Waals surface area contributed by atoms with E-state index >= 15 is 0 Å². The summed E-state index contributed by atoms with van der Waals surface area (Å²) in [5.41, 5.74) is 5.71. The number of nitrogens with zero attached hydrogens (tertiary/aromatic N) is 1. The van der Waals surface area contributed by atoms with E-state index in [1.807, 2.05) is 68.4 Å². The first-order chi connectivity index (χ1) is 17.2. The normalized spacial score (nSPS) is 12.1. The Bertz CT molecular complexity index is 1130. The fourth-order valence-corrected chi connectivity index (χ4v) is 4.38. The van der Waals surface area contributed by atoms with E-state index in [0.717, 1.165) is 22.3 Å². The molecule has 0 spiro atoms. The van der Waals surface area contributed by atoms with Crippen molar-refractivity contribution in [3.8, 4) is 0 Å². The van der Waals surface area contributed by atoms with Crippen molar-refractivity contribution in [2.24, 2.45) is 0 Å². The summed E-state index contributed by atoms with van der Waals surface area (Å²) in [5.74, 6) is -0.122. The molecule has 3 aromatic rings. The number of hydrogen-bond donors (Lipinski definition) is 1. The number of carbonyl (C=O) groups is 2. The Morgan fingerprint density at radius 2 is 1.50 bits per heavy atom. The molecule has 190 valence electrons. The van der Waals surface area contributed by atoms with Gasteiger partial charge in [0.25, 0.3) is 0 Å². The highest BCUT2D eigenvalue weighted by molar-refractivity contribution is 5.88. The molecule has 0 saturated heterocycles. The first kappa shape index (κ1) is 27.2. The van der Waals surface area contributed by atoms with Gasteiger partial charge in [-0.1, -0.05) is 99.6 Å². The molecule has 36 heavy (non-hydrogen) atoms. The predicted octanol–water partition coefficient (Wildman–Crippen LogP) is 6.00. The Kier molecular flexibility index (Phi) is 9.46. The van der Waals surface area contributed by atoms with Crippen LogP contribution in [0.1, 0.15) is 61.9 Å². The van der Waals surface area contributed by atoms with Gasteiger partial charge < -0.3 is 10.2 Å². The van der Waals surface area contributed by atoms with Gasteiger partial charge in [0.05, 0.1) is 0 Å². The lowest BCUT2D eigenvalue weighted by Gasteiger charge is -2.32. The van der Waals surface area contributed by atoms with E-state index in [1.54, 1.807) is 4.90 Å². The molecule has 1 N–H and O–H groups in total. The average Bonchev–Trinajstić information content (AvgIpc) is 2.86. The minimum atomic E-state index is -0.581. The summed E-state index contributed by atoms with van der Waals surface area (Å²) in [6.45, 7) is 11.5. The highest BCUT2D eigenvalue weighted by Crippen LogP contribution is 2.23. The van der Waals surface area contributed by atoms with Gasteiger partial charge in [-0.15, -0.1) is 0 Å². The molecule has 0 aromatic heterocycles. The number of aryl methyl sites for hydroxylation is 2. The van der Waals surface area contributed by atoms with Crippen molar-refractivity contribution in [3.05, 3.63) is 107 Å². The minimum Gasteiger partial charge on any atom is -0.355 e. The molecular weight excluding hydrogens is 444 g/mol. The number of nitrogens with one attached hydrogen (secondary N) is 1. The van der Waals surface area contributed by atoms with Gasteiger partial charge in [-0.25, -0.2) is 0 Å². The van der Waals surface area contributed by atoms with Gasteiger partial charge in [-0.05, 0) is 53.5 Å². The van der Waals surface area contributed by atoms with Crippen molar-refractivity contribution in [1.29, 1.82) is 0 Å². The lowest BCUT2D eigenvalue weighted by Crippen LogP contribution is -2.50. The molecule has 0 unspecified atom stereocenters. The summed E-state index contributed by atoms with van der Waals surface area (Å²) < 4.78 is 0. The summed E-state index contributed by atoms with van der Waals surface area (Å²) in [7, 11) is 0. The zero-order valence-corrected chi connectivity index (χ0v) is 22.4. The van der Waals surface area contributed by atoms with Gasteiger partial charge in [-0.2, -0.15) is 0 Å². The van der Waals surface area contributed by atoms with Crippen LogP contribution < -0.4 is 5.32 Å². The molecule has 3 aromatic carbocycles. The molecule has 3 rings (SSSR count). The van der Waals surface area contributed by atoms with Crippen molar-refractivity contribution >= 4 is 11.8 Å². The fourth-order valence-electron chi connectivity index (χ4n) is 4.38. The second-order valence-corrected chi connectivity index (χ2v) is 10.5. The molecule has 0 aliphatic carbocycles. The van der Waals surface area contributed by atoms with Crippen molar-refractivity contribution in [2.45, 2.75) is 71.9 Å². The zero-order valence-electron chi connectivity index (χ0n) is 22.4. The maximum atomic E-state index is 13.7. The summed E-state index contributed by atoms with van der Waals surface area (Å²) in [5, 5.41) is 2.96. The smallest absolute Gasteiger partial charge is 0.243 e. The van der Waals surface area contributed by atoms with Gasteiger partial charge >= 0.3 is 0 Å². The number of likely N-dealkylation sites (N-methyl/N-ethyl adjacent to an activating group) is 1. The van der Waals surface area contributed by atoms with Crippen molar-refractivity contribution in [2.75, 3.05) is 6.54 Å². The minimum absolute atomic E-state index is 0.00895. The topological polar surface area (TPSA) is 49.4 Å². The number of carbonyl (C=O) groups excluding carboxylic acids is 2. The molecule has 2 amide bonds. The number of hydrogen-bond acceptors (Lipinski definition) is 2. The third-order valence-electron chi connectivity index (χ3n) is 6.67. The molecule has 0 aliphatic rings. The van der Waals surface area contributed by atoms with Crippen LogP contribution in [0.3, 0.4) is 0 Å². The first-order valence-corrected chi connectivity index (χ1v) is 12.9. The molecule has 0 radical (unpaired) electrons. The maximum Gasteiger partial charge on any atom is 0.243 e. The molecule has 0 saturated carbocycles. The van der Waals surface area contributed by atoms with Gasteiger partial charge in [0, 0.05) is 25.9 Å². The van der Waals surface area contributed by atoms with E-state index in [2.05, 4.69) is 50.4 Å².